The molecule has 112 valence electrons. The lowest BCUT2D eigenvalue weighted by molar-refractivity contribution is 0.628. The van der Waals surface area contributed by atoms with Crippen molar-refractivity contribution in [2.75, 3.05) is 10.6 Å². The lowest BCUT2D eigenvalue weighted by atomic mass is 10.1. The predicted molar refractivity (Wildman–Crippen MR) is 95.3 cm³/mol. The topological polar surface area (TPSA) is 37.0 Å². The fraction of sp³-hybridized carbons (Fsp3) is 0.125. The quantitative estimate of drug-likeness (QED) is 0.658. The molecule has 0 unspecified atom stereocenters. The molecule has 1 heterocycles. The molecule has 3 rings (SSSR count). The van der Waals surface area contributed by atoms with Crippen LogP contribution in [-0.2, 0) is 0 Å². The van der Waals surface area contributed by atoms with Crippen LogP contribution in [-0.4, -0.2) is 10.1 Å². The summed E-state index contributed by atoms with van der Waals surface area (Å²) in [7, 11) is 0. The molecule has 22 heavy (non-hydrogen) atoms. The molecule has 0 saturated heterocycles. The zero-order valence-electron chi connectivity index (χ0n) is 12.1. The van der Waals surface area contributed by atoms with Crippen LogP contribution in [0, 0.1) is 19.7 Å². The molecule has 6 heteroatoms. The van der Waals surface area contributed by atoms with Crippen LogP contribution in [0.2, 0.25) is 0 Å². The Kier molecular flexibility index (Phi) is 4.04. The van der Waals surface area contributed by atoms with Gasteiger partial charge in [-0.15, -0.1) is 0 Å². The minimum absolute atomic E-state index is 0.277. The summed E-state index contributed by atoms with van der Waals surface area (Å²) in [6, 6.07) is 10.2. The fourth-order valence-corrected chi connectivity index (χ4v) is 3.26. The van der Waals surface area contributed by atoms with E-state index in [9.17, 15) is 4.39 Å². The number of thiazole rings is 1. The highest BCUT2D eigenvalue weighted by molar-refractivity contribution is 7.80. The molecule has 0 fully saturated rings. The number of fused-ring (bicyclic) bond motifs is 1. The van der Waals surface area contributed by atoms with Gasteiger partial charge in [0, 0.05) is 5.69 Å². The average molecular weight is 331 g/mol. The van der Waals surface area contributed by atoms with E-state index in [0.29, 0.717) is 5.11 Å². The third-order valence-corrected chi connectivity index (χ3v) is 4.46. The molecule has 0 saturated carbocycles. The SMILES string of the molecule is Cc1cc2nc(NC(=S)Nc3ccc(F)cc3)sc2cc1C. The van der Waals surface area contributed by atoms with Crippen LogP contribution in [0.1, 0.15) is 11.1 Å². The Labute approximate surface area is 137 Å². The molecule has 3 nitrogen and oxygen atoms in total. The lowest BCUT2D eigenvalue weighted by Gasteiger charge is -2.07. The van der Waals surface area contributed by atoms with Gasteiger partial charge in [0.15, 0.2) is 10.2 Å². The molecule has 0 spiro atoms. The van der Waals surface area contributed by atoms with E-state index in [-0.39, 0.29) is 5.82 Å². The monoisotopic (exact) mass is 331 g/mol. The number of rotatable bonds is 2. The summed E-state index contributed by atoms with van der Waals surface area (Å²) >= 11 is 6.81. The fourth-order valence-electron chi connectivity index (χ4n) is 2.03. The van der Waals surface area contributed by atoms with E-state index in [2.05, 4.69) is 41.6 Å². The zero-order valence-corrected chi connectivity index (χ0v) is 13.7. The van der Waals surface area contributed by atoms with Crippen molar-refractivity contribution in [1.82, 2.24) is 4.98 Å². The molecule has 0 aliphatic rings. The van der Waals surface area contributed by atoms with Gasteiger partial charge >= 0.3 is 0 Å². The number of nitrogens with zero attached hydrogens (tertiary/aromatic N) is 1. The van der Waals surface area contributed by atoms with Gasteiger partial charge in [0.25, 0.3) is 0 Å². The first-order valence-corrected chi connectivity index (χ1v) is 7.95. The maximum Gasteiger partial charge on any atom is 0.190 e. The van der Waals surface area contributed by atoms with Crippen molar-refractivity contribution >= 4 is 49.7 Å². The van der Waals surface area contributed by atoms with Gasteiger partial charge in [0.2, 0.25) is 0 Å². The van der Waals surface area contributed by atoms with Crippen LogP contribution >= 0.6 is 23.6 Å². The smallest absolute Gasteiger partial charge is 0.190 e. The standard InChI is InChI=1S/C16H14FN3S2/c1-9-7-13-14(8-10(9)2)22-16(19-13)20-15(21)18-12-5-3-11(17)4-6-12/h3-8H,1-2H3,(H2,18,19,20,21). The van der Waals surface area contributed by atoms with Crippen LogP contribution in [0.5, 0.6) is 0 Å². The second kappa shape index (κ2) is 5.98. The van der Waals surface area contributed by atoms with E-state index >= 15 is 0 Å². The van der Waals surface area contributed by atoms with Gasteiger partial charge in [-0.2, -0.15) is 0 Å². The van der Waals surface area contributed by atoms with Gasteiger partial charge in [0.05, 0.1) is 10.2 Å². The van der Waals surface area contributed by atoms with Crippen molar-refractivity contribution < 1.29 is 4.39 Å². The van der Waals surface area contributed by atoms with E-state index in [1.807, 2.05) is 0 Å². The van der Waals surface area contributed by atoms with Crippen LogP contribution in [0.3, 0.4) is 0 Å². The van der Waals surface area contributed by atoms with E-state index in [4.69, 9.17) is 12.2 Å². The lowest BCUT2D eigenvalue weighted by Crippen LogP contribution is -2.18. The molecule has 0 atom stereocenters. The Bertz CT molecular complexity index is 801. The number of aromatic nitrogens is 1. The van der Waals surface area contributed by atoms with Gasteiger partial charge < -0.3 is 10.6 Å². The van der Waals surface area contributed by atoms with Crippen molar-refractivity contribution in [2.24, 2.45) is 0 Å². The molecular weight excluding hydrogens is 317 g/mol. The molecule has 3 aromatic rings. The third kappa shape index (κ3) is 3.23. The largest absolute Gasteiger partial charge is 0.332 e. The van der Waals surface area contributed by atoms with E-state index in [1.165, 1.54) is 23.3 Å². The van der Waals surface area contributed by atoms with Gasteiger partial charge in [-0.3, -0.25) is 0 Å². The summed E-state index contributed by atoms with van der Waals surface area (Å²) in [5, 5.41) is 7.24. The summed E-state index contributed by atoms with van der Waals surface area (Å²) in [4.78, 5) is 4.53. The number of hydrogen-bond acceptors (Lipinski definition) is 3. The van der Waals surface area contributed by atoms with Gasteiger partial charge in [-0.05, 0) is 73.6 Å². The minimum Gasteiger partial charge on any atom is -0.332 e. The first-order chi connectivity index (χ1) is 10.5. The number of nitrogens with one attached hydrogen (secondary N) is 2. The van der Waals surface area contributed by atoms with Crippen molar-refractivity contribution in [3.05, 3.63) is 53.3 Å². The van der Waals surface area contributed by atoms with Crippen LogP contribution in [0.4, 0.5) is 15.2 Å². The van der Waals surface area contributed by atoms with Crippen molar-refractivity contribution in [3.8, 4) is 0 Å². The highest BCUT2D eigenvalue weighted by atomic mass is 32.1. The van der Waals surface area contributed by atoms with Gasteiger partial charge in [0.1, 0.15) is 5.82 Å². The summed E-state index contributed by atoms with van der Waals surface area (Å²) in [5.41, 5.74) is 4.15. The molecule has 0 amide bonds. The molecule has 0 aliphatic heterocycles. The molecule has 1 aromatic heterocycles. The number of halogens is 1. The average Bonchev–Trinajstić information content (AvgIpc) is 2.83. The third-order valence-electron chi connectivity index (χ3n) is 3.33. The molecule has 0 radical (unpaired) electrons. The minimum atomic E-state index is -0.277. The maximum absolute atomic E-state index is 12.9. The van der Waals surface area contributed by atoms with E-state index in [0.717, 1.165) is 21.0 Å². The number of hydrogen-bond donors (Lipinski definition) is 2. The number of anilines is 2. The number of aryl methyl sites for hydroxylation is 2. The predicted octanol–water partition coefficient (Wildman–Crippen LogP) is 4.86. The van der Waals surface area contributed by atoms with E-state index < -0.39 is 0 Å². The van der Waals surface area contributed by atoms with Gasteiger partial charge in [-0.1, -0.05) is 11.3 Å². The highest BCUT2D eigenvalue weighted by Crippen LogP contribution is 2.28. The van der Waals surface area contributed by atoms with Crippen LogP contribution in [0.25, 0.3) is 10.2 Å². The summed E-state index contributed by atoms with van der Waals surface area (Å²) < 4.78 is 14.0. The second-order valence-corrected chi connectivity index (χ2v) is 6.45. The first-order valence-electron chi connectivity index (χ1n) is 6.72. The van der Waals surface area contributed by atoms with Crippen molar-refractivity contribution in [2.45, 2.75) is 13.8 Å². The summed E-state index contributed by atoms with van der Waals surface area (Å²) in [5.74, 6) is -0.277. The Hall–Kier alpha value is -2.05. The number of benzene rings is 2. The van der Waals surface area contributed by atoms with Crippen LogP contribution in [0.15, 0.2) is 36.4 Å². The normalized spacial score (nSPS) is 10.7. The summed E-state index contributed by atoms with van der Waals surface area (Å²) in [6.45, 7) is 4.16. The zero-order chi connectivity index (χ0) is 15.7. The van der Waals surface area contributed by atoms with Crippen LogP contribution < -0.4 is 10.6 Å². The number of thiocarbonyl (C=S) groups is 1. The molecule has 2 N–H and O–H groups in total. The molecular formula is C16H14FN3S2. The van der Waals surface area contributed by atoms with Crippen molar-refractivity contribution in [1.29, 1.82) is 0 Å². The highest BCUT2D eigenvalue weighted by Gasteiger charge is 2.07. The first kappa shape index (κ1) is 14.9. The Morgan fingerprint density at radius 2 is 1.77 bits per heavy atom. The Morgan fingerprint density at radius 1 is 1.09 bits per heavy atom. The Balaban J connectivity index is 1.75. The molecule has 0 aliphatic carbocycles. The maximum atomic E-state index is 12.9. The van der Waals surface area contributed by atoms with Crippen molar-refractivity contribution in [3.63, 3.8) is 0 Å². The second-order valence-electron chi connectivity index (χ2n) is 5.01. The molecule has 0 bridgehead atoms. The summed E-state index contributed by atoms with van der Waals surface area (Å²) in [6.07, 6.45) is 0. The molecule has 2 aromatic carbocycles. The van der Waals surface area contributed by atoms with Gasteiger partial charge in [-0.25, -0.2) is 9.37 Å². The van der Waals surface area contributed by atoms with E-state index in [1.54, 1.807) is 23.5 Å². The Morgan fingerprint density at radius 3 is 2.50 bits per heavy atom.